The van der Waals surface area contributed by atoms with Gasteiger partial charge in [-0.05, 0) is 74.6 Å². The van der Waals surface area contributed by atoms with Crippen LogP contribution in [0.3, 0.4) is 0 Å². The van der Waals surface area contributed by atoms with E-state index >= 15 is 0 Å². The number of hydrogen-bond acceptors (Lipinski definition) is 2. The first kappa shape index (κ1) is 19.5. The van der Waals surface area contributed by atoms with E-state index in [0.29, 0.717) is 6.54 Å². The van der Waals surface area contributed by atoms with E-state index in [2.05, 4.69) is 70.3 Å². The van der Waals surface area contributed by atoms with Crippen LogP contribution in [-0.2, 0) is 6.54 Å². The van der Waals surface area contributed by atoms with E-state index in [4.69, 9.17) is 4.74 Å². The summed E-state index contributed by atoms with van der Waals surface area (Å²) in [4.78, 5) is 0. The van der Waals surface area contributed by atoms with Crippen molar-refractivity contribution in [2.75, 3.05) is 5.32 Å². The van der Waals surface area contributed by atoms with Gasteiger partial charge in [0.1, 0.15) is 17.2 Å². The second-order valence-electron chi connectivity index (χ2n) is 8.52. The molecule has 0 radical (unpaired) electrons. The summed E-state index contributed by atoms with van der Waals surface area (Å²) in [5, 5.41) is 3.61. The molecule has 29 heavy (non-hydrogen) atoms. The lowest BCUT2D eigenvalue weighted by molar-refractivity contribution is 0.121. The van der Waals surface area contributed by atoms with Gasteiger partial charge in [-0.2, -0.15) is 0 Å². The summed E-state index contributed by atoms with van der Waals surface area (Å²) in [5.74, 6) is 0.982. The van der Waals surface area contributed by atoms with Crippen LogP contribution in [0.25, 0.3) is 0 Å². The number of benzene rings is 3. The molecule has 0 aromatic heterocycles. The van der Waals surface area contributed by atoms with E-state index in [9.17, 15) is 4.39 Å². The molecule has 0 aliphatic carbocycles. The Morgan fingerprint density at radius 2 is 1.55 bits per heavy atom. The van der Waals surface area contributed by atoms with Crippen LogP contribution < -0.4 is 10.1 Å². The molecule has 3 aromatic carbocycles. The molecule has 1 aliphatic heterocycles. The third kappa shape index (κ3) is 3.39. The van der Waals surface area contributed by atoms with Gasteiger partial charge in [0.15, 0.2) is 0 Å². The lowest BCUT2D eigenvalue weighted by Crippen LogP contribution is -2.31. The van der Waals surface area contributed by atoms with E-state index in [1.807, 2.05) is 12.1 Å². The largest absolute Gasteiger partial charge is 0.486 e. The van der Waals surface area contributed by atoms with Crippen molar-refractivity contribution in [3.63, 3.8) is 0 Å². The summed E-state index contributed by atoms with van der Waals surface area (Å²) >= 11 is 0. The minimum Gasteiger partial charge on any atom is -0.486 e. The van der Waals surface area contributed by atoms with Gasteiger partial charge in [-0.15, -0.1) is 0 Å². The molecule has 1 unspecified atom stereocenters. The molecule has 0 spiro atoms. The third-order valence-electron chi connectivity index (χ3n) is 6.17. The fraction of sp³-hybridized carbons (Fsp3) is 0.308. The average Bonchev–Trinajstić information content (AvgIpc) is 2.99. The number of rotatable bonds is 4. The lowest BCUT2D eigenvalue weighted by Gasteiger charge is -2.27. The number of anilines is 1. The first-order valence-corrected chi connectivity index (χ1v) is 10.2. The molecule has 2 nitrogen and oxygen atoms in total. The van der Waals surface area contributed by atoms with Crippen LogP contribution in [0, 0.1) is 26.6 Å². The van der Waals surface area contributed by atoms with Crippen LogP contribution in [0.1, 0.15) is 53.1 Å². The molecule has 1 atom stereocenters. The van der Waals surface area contributed by atoms with Gasteiger partial charge in [-0.1, -0.05) is 42.5 Å². The van der Waals surface area contributed by atoms with Crippen LogP contribution in [0.4, 0.5) is 10.1 Å². The van der Waals surface area contributed by atoms with Crippen LogP contribution in [0.5, 0.6) is 5.75 Å². The summed E-state index contributed by atoms with van der Waals surface area (Å²) in [6, 6.07) is 17.3. The van der Waals surface area contributed by atoms with Gasteiger partial charge >= 0.3 is 0 Å². The maximum absolute atomic E-state index is 13.2. The lowest BCUT2D eigenvalue weighted by atomic mass is 9.78. The zero-order chi connectivity index (χ0) is 20.8. The van der Waals surface area contributed by atoms with Crippen molar-refractivity contribution in [3.8, 4) is 5.75 Å². The fourth-order valence-corrected chi connectivity index (χ4v) is 4.57. The number of fused-ring (bicyclic) bond motifs is 1. The minimum absolute atomic E-state index is 0.171. The Labute approximate surface area is 172 Å². The number of hydrogen-bond donors (Lipinski definition) is 1. The summed E-state index contributed by atoms with van der Waals surface area (Å²) < 4.78 is 19.7. The Morgan fingerprint density at radius 3 is 2.21 bits per heavy atom. The van der Waals surface area contributed by atoms with Crippen molar-refractivity contribution < 1.29 is 9.13 Å². The van der Waals surface area contributed by atoms with Crippen LogP contribution in [0.15, 0.2) is 54.6 Å². The zero-order valence-corrected chi connectivity index (χ0v) is 17.8. The minimum atomic E-state index is -0.318. The Kier molecular flexibility index (Phi) is 4.85. The second-order valence-corrected chi connectivity index (χ2v) is 8.52. The molecular weight excluding hydrogens is 361 g/mol. The van der Waals surface area contributed by atoms with Crippen LogP contribution >= 0.6 is 0 Å². The van der Waals surface area contributed by atoms with E-state index in [1.165, 1.54) is 39.9 Å². The van der Waals surface area contributed by atoms with E-state index in [1.54, 1.807) is 0 Å². The van der Waals surface area contributed by atoms with Gasteiger partial charge in [0.05, 0.1) is 5.92 Å². The van der Waals surface area contributed by atoms with Gasteiger partial charge in [0.25, 0.3) is 0 Å². The van der Waals surface area contributed by atoms with Crippen molar-refractivity contribution >= 4 is 5.69 Å². The SMILES string of the molecule is Cc1c(C)c2c(c(C)c1NCc1ccc(F)cc1)C(c1ccccc1)C(C)(C)O2. The van der Waals surface area contributed by atoms with Crippen molar-refractivity contribution in [3.05, 3.63) is 93.8 Å². The Bertz CT molecular complexity index is 1040. The van der Waals surface area contributed by atoms with Crippen molar-refractivity contribution in [1.29, 1.82) is 0 Å². The quantitative estimate of drug-likeness (QED) is 0.538. The Morgan fingerprint density at radius 1 is 0.897 bits per heavy atom. The highest BCUT2D eigenvalue weighted by atomic mass is 19.1. The molecule has 1 aliphatic rings. The predicted octanol–water partition coefficient (Wildman–Crippen LogP) is 6.67. The first-order valence-electron chi connectivity index (χ1n) is 10.2. The molecule has 4 rings (SSSR count). The second kappa shape index (κ2) is 7.22. The van der Waals surface area contributed by atoms with Gasteiger partial charge < -0.3 is 10.1 Å². The number of nitrogens with one attached hydrogen (secondary N) is 1. The summed E-state index contributed by atoms with van der Waals surface area (Å²) in [7, 11) is 0. The zero-order valence-electron chi connectivity index (χ0n) is 17.8. The van der Waals surface area contributed by atoms with Crippen molar-refractivity contribution in [2.24, 2.45) is 0 Å². The molecule has 0 saturated heterocycles. The highest BCUT2D eigenvalue weighted by Crippen LogP contribution is 2.53. The molecular formula is C26H28FNO. The monoisotopic (exact) mass is 389 g/mol. The van der Waals surface area contributed by atoms with Crippen LogP contribution in [-0.4, -0.2) is 5.60 Å². The van der Waals surface area contributed by atoms with E-state index in [0.717, 1.165) is 17.0 Å². The molecule has 0 bridgehead atoms. The molecule has 0 amide bonds. The van der Waals surface area contributed by atoms with E-state index < -0.39 is 0 Å². The van der Waals surface area contributed by atoms with Gasteiger partial charge in [0, 0.05) is 17.8 Å². The van der Waals surface area contributed by atoms with Gasteiger partial charge in [0.2, 0.25) is 0 Å². The molecule has 0 fully saturated rings. The maximum Gasteiger partial charge on any atom is 0.127 e. The Hall–Kier alpha value is -2.81. The van der Waals surface area contributed by atoms with Gasteiger partial charge in [-0.25, -0.2) is 4.39 Å². The molecule has 3 heteroatoms. The molecule has 0 saturated carbocycles. The third-order valence-corrected chi connectivity index (χ3v) is 6.17. The summed E-state index contributed by atoms with van der Waals surface area (Å²) in [6.07, 6.45) is 0. The number of halogens is 1. The Balaban J connectivity index is 1.78. The highest BCUT2D eigenvalue weighted by molar-refractivity contribution is 5.71. The topological polar surface area (TPSA) is 21.3 Å². The first-order chi connectivity index (χ1) is 13.8. The van der Waals surface area contributed by atoms with Crippen LogP contribution in [0.2, 0.25) is 0 Å². The highest BCUT2D eigenvalue weighted by Gasteiger charge is 2.44. The average molecular weight is 390 g/mol. The van der Waals surface area contributed by atoms with Gasteiger partial charge in [-0.3, -0.25) is 0 Å². The normalized spacial score (nSPS) is 17.0. The fourth-order valence-electron chi connectivity index (χ4n) is 4.57. The summed E-state index contributed by atoms with van der Waals surface area (Å²) in [5.41, 5.74) is 8.03. The van der Waals surface area contributed by atoms with Crippen molar-refractivity contribution in [1.82, 2.24) is 0 Å². The standard InChI is InChI=1S/C26H28FNO/c1-16-17(2)25-22(23(26(4,5)29-25)20-9-7-6-8-10-20)18(3)24(16)28-15-19-11-13-21(27)14-12-19/h6-14,23,28H,15H2,1-5H3. The molecule has 1 N–H and O–H groups in total. The maximum atomic E-state index is 13.2. The summed E-state index contributed by atoms with van der Waals surface area (Å²) in [6.45, 7) is 11.5. The molecule has 1 heterocycles. The van der Waals surface area contributed by atoms with Crippen molar-refractivity contribution in [2.45, 2.75) is 52.7 Å². The smallest absolute Gasteiger partial charge is 0.127 e. The van der Waals surface area contributed by atoms with E-state index in [-0.39, 0.29) is 17.3 Å². The molecule has 3 aromatic rings. The predicted molar refractivity (Wildman–Crippen MR) is 117 cm³/mol. The number of ether oxygens (including phenoxy) is 1. The molecule has 150 valence electrons.